The second kappa shape index (κ2) is 3.22. The van der Waals surface area contributed by atoms with Gasteiger partial charge >= 0.3 is 0 Å². The van der Waals surface area contributed by atoms with Crippen molar-refractivity contribution in [2.45, 2.75) is 0 Å². The second-order valence-corrected chi connectivity index (χ2v) is 4.47. The molecule has 2 nitrogen and oxygen atoms in total. The van der Waals surface area contributed by atoms with Crippen molar-refractivity contribution in [2.24, 2.45) is 0 Å². The summed E-state index contributed by atoms with van der Waals surface area (Å²) in [6, 6.07) is 5.81. The number of fused-ring (bicyclic) bond motifs is 3. The average Bonchev–Trinajstić information content (AvgIpc) is 2.59. The highest BCUT2D eigenvalue weighted by Gasteiger charge is 2.11. The first kappa shape index (κ1) is 9.19. The fourth-order valence-corrected chi connectivity index (χ4v) is 2.42. The van der Waals surface area contributed by atoms with E-state index in [0.29, 0.717) is 10.6 Å². The monoisotopic (exact) mass is 281 g/mol. The van der Waals surface area contributed by atoms with Crippen LogP contribution in [0.5, 0.6) is 0 Å². The van der Waals surface area contributed by atoms with Gasteiger partial charge in [-0.25, -0.2) is 0 Å². The molecular weight excluding hydrogens is 277 g/mol. The Kier molecular flexibility index (Phi) is 1.97. The molecule has 3 rings (SSSR count). The number of pyridine rings is 1. The maximum absolute atomic E-state index is 6.01. The molecule has 15 heavy (non-hydrogen) atoms. The van der Waals surface area contributed by atoms with E-state index in [0.717, 1.165) is 20.8 Å². The number of hydrogen-bond donors (Lipinski definition) is 0. The SMILES string of the molecule is Clc1cncc2c1oc1cccc(Br)c12. The number of hydrogen-bond acceptors (Lipinski definition) is 2. The molecule has 0 radical (unpaired) electrons. The molecule has 0 unspecified atom stereocenters. The minimum atomic E-state index is 0.538. The zero-order valence-electron chi connectivity index (χ0n) is 7.50. The normalized spacial score (nSPS) is 11.3. The summed E-state index contributed by atoms with van der Waals surface area (Å²) < 4.78 is 6.65. The Morgan fingerprint density at radius 1 is 1.27 bits per heavy atom. The number of aromatic nitrogens is 1. The molecule has 0 aliphatic heterocycles. The van der Waals surface area contributed by atoms with E-state index >= 15 is 0 Å². The van der Waals surface area contributed by atoms with Gasteiger partial charge in [0.25, 0.3) is 0 Å². The molecule has 1 aromatic carbocycles. The van der Waals surface area contributed by atoms with Crippen molar-refractivity contribution in [3.05, 3.63) is 40.1 Å². The van der Waals surface area contributed by atoms with Gasteiger partial charge in [0.1, 0.15) is 10.6 Å². The standard InChI is InChI=1S/C11H5BrClNO/c12-7-2-1-3-9-10(7)6-4-14-5-8(13)11(6)15-9/h1-5H. The van der Waals surface area contributed by atoms with Gasteiger partial charge in [0.05, 0.1) is 0 Å². The largest absolute Gasteiger partial charge is 0.454 e. The summed E-state index contributed by atoms with van der Waals surface area (Å²) in [5.74, 6) is 0. The summed E-state index contributed by atoms with van der Waals surface area (Å²) in [6.45, 7) is 0. The smallest absolute Gasteiger partial charge is 0.157 e. The topological polar surface area (TPSA) is 26.0 Å². The number of halogens is 2. The van der Waals surface area contributed by atoms with Crippen LogP contribution in [-0.4, -0.2) is 4.98 Å². The molecule has 3 aromatic rings. The van der Waals surface area contributed by atoms with E-state index < -0.39 is 0 Å². The number of furan rings is 1. The summed E-state index contributed by atoms with van der Waals surface area (Å²) in [6.07, 6.45) is 3.35. The molecule has 0 atom stereocenters. The third kappa shape index (κ3) is 1.27. The van der Waals surface area contributed by atoms with E-state index in [1.165, 1.54) is 0 Å². The molecule has 74 valence electrons. The average molecular weight is 283 g/mol. The summed E-state index contributed by atoms with van der Waals surface area (Å²) in [4.78, 5) is 4.06. The van der Waals surface area contributed by atoms with Crippen LogP contribution in [0.2, 0.25) is 5.02 Å². The van der Waals surface area contributed by atoms with Gasteiger partial charge in [-0.05, 0) is 12.1 Å². The summed E-state index contributed by atoms with van der Waals surface area (Å²) in [7, 11) is 0. The molecule has 0 aliphatic carbocycles. The Hall–Kier alpha value is -1.06. The van der Waals surface area contributed by atoms with Crippen molar-refractivity contribution < 1.29 is 4.42 Å². The first-order valence-electron chi connectivity index (χ1n) is 4.37. The highest BCUT2D eigenvalue weighted by atomic mass is 79.9. The minimum Gasteiger partial charge on any atom is -0.454 e. The zero-order valence-corrected chi connectivity index (χ0v) is 9.84. The Balaban J connectivity index is 2.65. The Labute approximate surface area is 99.0 Å². The van der Waals surface area contributed by atoms with Crippen LogP contribution in [0, 0.1) is 0 Å². The molecule has 0 bridgehead atoms. The van der Waals surface area contributed by atoms with Crippen LogP contribution in [0.3, 0.4) is 0 Å². The summed E-state index contributed by atoms with van der Waals surface area (Å²) in [5, 5.41) is 2.49. The molecule has 0 amide bonds. The van der Waals surface area contributed by atoms with E-state index in [2.05, 4.69) is 20.9 Å². The Morgan fingerprint density at radius 2 is 2.13 bits per heavy atom. The maximum Gasteiger partial charge on any atom is 0.157 e. The minimum absolute atomic E-state index is 0.538. The highest BCUT2D eigenvalue weighted by molar-refractivity contribution is 9.10. The first-order valence-corrected chi connectivity index (χ1v) is 5.54. The third-order valence-electron chi connectivity index (χ3n) is 2.31. The van der Waals surface area contributed by atoms with Gasteiger partial charge in [-0.2, -0.15) is 0 Å². The van der Waals surface area contributed by atoms with E-state index in [9.17, 15) is 0 Å². The molecule has 0 fully saturated rings. The fraction of sp³-hybridized carbons (Fsp3) is 0. The molecule has 0 N–H and O–H groups in total. The van der Waals surface area contributed by atoms with Crippen molar-refractivity contribution in [1.29, 1.82) is 0 Å². The van der Waals surface area contributed by atoms with E-state index in [4.69, 9.17) is 16.0 Å². The lowest BCUT2D eigenvalue weighted by Gasteiger charge is -1.92. The van der Waals surface area contributed by atoms with E-state index in [1.807, 2.05) is 18.2 Å². The van der Waals surface area contributed by atoms with Crippen LogP contribution in [0.4, 0.5) is 0 Å². The summed E-state index contributed by atoms with van der Waals surface area (Å²) in [5.41, 5.74) is 1.50. The van der Waals surface area contributed by atoms with Crippen LogP contribution in [0.1, 0.15) is 0 Å². The highest BCUT2D eigenvalue weighted by Crippen LogP contribution is 2.36. The predicted molar refractivity (Wildman–Crippen MR) is 64.2 cm³/mol. The molecule has 2 aromatic heterocycles. The molecule has 4 heteroatoms. The van der Waals surface area contributed by atoms with Crippen molar-refractivity contribution >= 4 is 49.5 Å². The lowest BCUT2D eigenvalue weighted by Crippen LogP contribution is -1.72. The summed E-state index contributed by atoms with van der Waals surface area (Å²) >= 11 is 9.50. The number of rotatable bonds is 0. The Morgan fingerprint density at radius 3 is 3.00 bits per heavy atom. The third-order valence-corrected chi connectivity index (χ3v) is 3.24. The zero-order chi connectivity index (χ0) is 10.4. The van der Waals surface area contributed by atoms with Crippen molar-refractivity contribution in [1.82, 2.24) is 4.98 Å². The van der Waals surface area contributed by atoms with Crippen molar-refractivity contribution in [2.75, 3.05) is 0 Å². The molecule has 0 aliphatic rings. The van der Waals surface area contributed by atoms with Gasteiger partial charge in [0, 0.05) is 27.6 Å². The van der Waals surface area contributed by atoms with Crippen LogP contribution in [-0.2, 0) is 0 Å². The number of benzene rings is 1. The first-order chi connectivity index (χ1) is 7.27. The molecular formula is C11H5BrClNO. The van der Waals surface area contributed by atoms with E-state index in [1.54, 1.807) is 12.4 Å². The van der Waals surface area contributed by atoms with Crippen LogP contribution < -0.4 is 0 Å². The lowest BCUT2D eigenvalue weighted by atomic mass is 10.2. The maximum atomic E-state index is 6.01. The van der Waals surface area contributed by atoms with Gasteiger partial charge in [0.2, 0.25) is 0 Å². The van der Waals surface area contributed by atoms with Crippen molar-refractivity contribution in [3.63, 3.8) is 0 Å². The van der Waals surface area contributed by atoms with Crippen LogP contribution >= 0.6 is 27.5 Å². The van der Waals surface area contributed by atoms with Crippen LogP contribution in [0.25, 0.3) is 21.9 Å². The van der Waals surface area contributed by atoms with Gasteiger partial charge in [-0.3, -0.25) is 4.98 Å². The van der Waals surface area contributed by atoms with Gasteiger partial charge in [-0.1, -0.05) is 33.6 Å². The van der Waals surface area contributed by atoms with E-state index in [-0.39, 0.29) is 0 Å². The lowest BCUT2D eigenvalue weighted by molar-refractivity contribution is 0.668. The van der Waals surface area contributed by atoms with Crippen LogP contribution in [0.15, 0.2) is 39.5 Å². The van der Waals surface area contributed by atoms with Crippen molar-refractivity contribution in [3.8, 4) is 0 Å². The molecule has 2 heterocycles. The number of nitrogens with zero attached hydrogens (tertiary/aromatic N) is 1. The molecule has 0 saturated heterocycles. The second-order valence-electron chi connectivity index (χ2n) is 3.21. The van der Waals surface area contributed by atoms with Gasteiger partial charge in [0.15, 0.2) is 5.58 Å². The molecule has 0 saturated carbocycles. The quantitative estimate of drug-likeness (QED) is 0.611. The fourth-order valence-electron chi connectivity index (χ4n) is 1.67. The van der Waals surface area contributed by atoms with Gasteiger partial charge < -0.3 is 4.42 Å². The van der Waals surface area contributed by atoms with Gasteiger partial charge in [-0.15, -0.1) is 0 Å². The predicted octanol–water partition coefficient (Wildman–Crippen LogP) is 4.40. The molecule has 0 spiro atoms. The Bertz CT molecular complexity index is 662.